The summed E-state index contributed by atoms with van der Waals surface area (Å²) in [7, 11) is 0. The van der Waals surface area contributed by atoms with E-state index in [4.69, 9.17) is 4.74 Å². The molecule has 1 heterocycles. The van der Waals surface area contributed by atoms with Gasteiger partial charge in [-0.2, -0.15) is 0 Å². The lowest BCUT2D eigenvalue weighted by atomic mass is 9.89. The number of rotatable bonds is 5. The third-order valence-corrected chi connectivity index (χ3v) is 3.16. The third kappa shape index (κ3) is 3.33. The molecule has 108 valence electrons. The van der Waals surface area contributed by atoms with Crippen LogP contribution in [-0.4, -0.2) is 27.6 Å². The van der Waals surface area contributed by atoms with Gasteiger partial charge in [0.05, 0.1) is 18.3 Å². The van der Waals surface area contributed by atoms with Crippen molar-refractivity contribution in [3.05, 3.63) is 11.4 Å². The Morgan fingerprint density at radius 2 is 1.84 bits per heavy atom. The van der Waals surface area contributed by atoms with Crippen molar-refractivity contribution >= 4 is 5.97 Å². The van der Waals surface area contributed by atoms with Gasteiger partial charge in [0.2, 0.25) is 0 Å². The van der Waals surface area contributed by atoms with E-state index in [-0.39, 0.29) is 17.4 Å². The molecule has 5 nitrogen and oxygen atoms in total. The molecule has 0 unspecified atom stereocenters. The highest BCUT2D eigenvalue weighted by atomic mass is 16.5. The number of ether oxygens (including phenoxy) is 1. The fourth-order valence-electron chi connectivity index (χ4n) is 2.22. The number of carbonyl (C=O) groups is 1. The molecule has 0 N–H and O–H groups in total. The first kappa shape index (κ1) is 15.7. The van der Waals surface area contributed by atoms with Crippen LogP contribution in [0.1, 0.15) is 76.6 Å². The van der Waals surface area contributed by atoms with Crippen molar-refractivity contribution in [2.45, 2.75) is 65.8 Å². The van der Waals surface area contributed by atoms with Crippen molar-refractivity contribution < 1.29 is 9.53 Å². The third-order valence-electron chi connectivity index (χ3n) is 3.16. The first-order valence-corrected chi connectivity index (χ1v) is 6.99. The lowest BCUT2D eigenvalue weighted by molar-refractivity contribution is 0.0516. The molecule has 0 aliphatic heterocycles. The summed E-state index contributed by atoms with van der Waals surface area (Å²) in [6.07, 6.45) is 1.93. The maximum Gasteiger partial charge on any atom is 0.360 e. The SMILES string of the molecule is CCOC(=O)c1nnn(C(CC)CC)c1C(C)(C)C. The zero-order chi connectivity index (χ0) is 14.6. The van der Waals surface area contributed by atoms with Crippen LogP contribution in [-0.2, 0) is 10.2 Å². The summed E-state index contributed by atoms with van der Waals surface area (Å²) in [5, 5.41) is 8.25. The second-order valence-electron chi connectivity index (χ2n) is 5.67. The first-order valence-electron chi connectivity index (χ1n) is 6.99. The van der Waals surface area contributed by atoms with Crippen molar-refractivity contribution in [2.75, 3.05) is 6.61 Å². The van der Waals surface area contributed by atoms with Crippen molar-refractivity contribution in [2.24, 2.45) is 0 Å². The summed E-state index contributed by atoms with van der Waals surface area (Å²) >= 11 is 0. The highest BCUT2D eigenvalue weighted by molar-refractivity contribution is 5.88. The number of nitrogens with zero attached hydrogens (tertiary/aromatic N) is 3. The van der Waals surface area contributed by atoms with Crippen LogP contribution >= 0.6 is 0 Å². The highest BCUT2D eigenvalue weighted by Gasteiger charge is 2.31. The molecule has 0 saturated heterocycles. The van der Waals surface area contributed by atoms with Gasteiger partial charge in [-0.1, -0.05) is 39.8 Å². The molecule has 0 aliphatic rings. The van der Waals surface area contributed by atoms with Crippen LogP contribution in [0.4, 0.5) is 0 Å². The molecule has 1 rings (SSSR count). The lowest BCUT2D eigenvalue weighted by Gasteiger charge is -2.24. The van der Waals surface area contributed by atoms with Crippen molar-refractivity contribution in [1.29, 1.82) is 0 Å². The molecular weight excluding hydrogens is 242 g/mol. The topological polar surface area (TPSA) is 57.0 Å². The van der Waals surface area contributed by atoms with Crippen LogP contribution in [0, 0.1) is 0 Å². The fraction of sp³-hybridized carbons (Fsp3) is 0.786. The van der Waals surface area contributed by atoms with E-state index in [2.05, 4.69) is 44.9 Å². The van der Waals surface area contributed by atoms with Gasteiger partial charge in [-0.25, -0.2) is 9.48 Å². The smallest absolute Gasteiger partial charge is 0.360 e. The summed E-state index contributed by atoms with van der Waals surface area (Å²) in [4.78, 5) is 12.0. The summed E-state index contributed by atoms with van der Waals surface area (Å²) in [6.45, 7) is 12.6. The summed E-state index contributed by atoms with van der Waals surface area (Å²) in [6, 6.07) is 0.268. The van der Waals surface area contributed by atoms with Gasteiger partial charge in [0.25, 0.3) is 0 Å². The summed E-state index contributed by atoms with van der Waals surface area (Å²) in [5.74, 6) is -0.385. The first-order chi connectivity index (χ1) is 8.86. The molecule has 0 saturated carbocycles. The van der Waals surface area contributed by atoms with Crippen molar-refractivity contribution in [3.8, 4) is 0 Å². The van der Waals surface area contributed by atoms with E-state index in [1.54, 1.807) is 6.92 Å². The van der Waals surface area contributed by atoms with Crippen LogP contribution in [0.15, 0.2) is 0 Å². The van der Waals surface area contributed by atoms with Gasteiger partial charge in [-0.3, -0.25) is 0 Å². The average molecular weight is 267 g/mol. The van der Waals surface area contributed by atoms with Gasteiger partial charge >= 0.3 is 5.97 Å². The summed E-state index contributed by atoms with van der Waals surface area (Å²) in [5.41, 5.74) is 1.01. The maximum absolute atomic E-state index is 12.0. The molecule has 0 spiro atoms. The van der Waals surface area contributed by atoms with Crippen molar-refractivity contribution in [1.82, 2.24) is 15.0 Å². The van der Waals surface area contributed by atoms with Crippen molar-refractivity contribution in [3.63, 3.8) is 0 Å². The predicted molar refractivity (Wildman–Crippen MR) is 74.3 cm³/mol. The van der Waals surface area contributed by atoms with E-state index < -0.39 is 0 Å². The number of aromatic nitrogens is 3. The highest BCUT2D eigenvalue weighted by Crippen LogP contribution is 2.29. The Morgan fingerprint density at radius 3 is 2.26 bits per heavy atom. The molecule has 0 radical (unpaired) electrons. The minimum absolute atomic E-state index is 0.200. The van der Waals surface area contributed by atoms with Gasteiger partial charge < -0.3 is 4.74 Å². The molecule has 0 bridgehead atoms. The molecule has 0 aromatic carbocycles. The molecule has 0 atom stereocenters. The molecule has 1 aromatic heterocycles. The lowest BCUT2D eigenvalue weighted by Crippen LogP contribution is -2.24. The van der Waals surface area contributed by atoms with Crippen LogP contribution in [0.5, 0.6) is 0 Å². The average Bonchev–Trinajstić information content (AvgIpc) is 2.75. The molecule has 0 amide bonds. The Balaban J connectivity index is 3.31. The Morgan fingerprint density at radius 1 is 1.26 bits per heavy atom. The van der Waals surface area contributed by atoms with Crippen LogP contribution in [0.25, 0.3) is 0 Å². The van der Waals surface area contributed by atoms with E-state index in [1.165, 1.54) is 0 Å². The molecule has 19 heavy (non-hydrogen) atoms. The Hall–Kier alpha value is -1.39. The minimum atomic E-state index is -0.385. The normalized spacial score (nSPS) is 11.9. The number of esters is 1. The van der Waals surface area contributed by atoms with Crippen LogP contribution in [0.3, 0.4) is 0 Å². The van der Waals surface area contributed by atoms with Gasteiger partial charge in [-0.05, 0) is 19.8 Å². The van der Waals surface area contributed by atoms with E-state index in [9.17, 15) is 4.79 Å². The Bertz CT molecular complexity index is 428. The van der Waals surface area contributed by atoms with Crippen LogP contribution in [0.2, 0.25) is 0 Å². The second kappa shape index (κ2) is 6.17. The Labute approximate surface area is 115 Å². The quantitative estimate of drug-likeness (QED) is 0.769. The zero-order valence-electron chi connectivity index (χ0n) is 12.9. The molecular formula is C14H25N3O2. The van der Waals surface area contributed by atoms with Gasteiger partial charge in [-0.15, -0.1) is 5.10 Å². The number of hydrogen-bond acceptors (Lipinski definition) is 4. The van der Waals surface area contributed by atoms with E-state index in [0.717, 1.165) is 18.5 Å². The molecule has 0 aliphatic carbocycles. The molecule has 0 fully saturated rings. The number of hydrogen-bond donors (Lipinski definition) is 0. The second-order valence-corrected chi connectivity index (χ2v) is 5.67. The van der Waals surface area contributed by atoms with Gasteiger partial charge in [0, 0.05) is 5.41 Å². The van der Waals surface area contributed by atoms with E-state index >= 15 is 0 Å². The summed E-state index contributed by atoms with van der Waals surface area (Å²) < 4.78 is 6.96. The fourth-order valence-corrected chi connectivity index (χ4v) is 2.22. The Kier molecular flexibility index (Phi) is 5.09. The van der Waals surface area contributed by atoms with Crippen LogP contribution < -0.4 is 0 Å². The molecule has 1 aromatic rings. The predicted octanol–water partition coefficient (Wildman–Crippen LogP) is 3.11. The van der Waals surface area contributed by atoms with Gasteiger partial charge in [0.1, 0.15) is 0 Å². The molecule has 5 heteroatoms. The largest absolute Gasteiger partial charge is 0.461 e. The zero-order valence-corrected chi connectivity index (χ0v) is 12.9. The monoisotopic (exact) mass is 267 g/mol. The van der Waals surface area contributed by atoms with E-state index in [1.807, 2.05) is 4.68 Å². The van der Waals surface area contributed by atoms with Gasteiger partial charge in [0.15, 0.2) is 5.69 Å². The minimum Gasteiger partial charge on any atom is -0.461 e. The van der Waals surface area contributed by atoms with E-state index in [0.29, 0.717) is 12.3 Å². The maximum atomic E-state index is 12.0. The number of carbonyl (C=O) groups excluding carboxylic acids is 1. The standard InChI is InChI=1S/C14H25N3O2/c1-7-10(8-2)17-12(14(4,5)6)11(15-16-17)13(18)19-9-3/h10H,7-9H2,1-6H3.